The van der Waals surface area contributed by atoms with Crippen LogP contribution in [-0.4, -0.2) is 16.8 Å². The zero-order valence-electron chi connectivity index (χ0n) is 7.96. The SMILES string of the molecule is Cc1cc(CCN)c(O)c(O)c1C. The fourth-order valence-corrected chi connectivity index (χ4v) is 1.30. The number of phenols is 2. The number of aromatic hydroxyl groups is 2. The van der Waals surface area contributed by atoms with Gasteiger partial charge in [0.15, 0.2) is 11.5 Å². The summed E-state index contributed by atoms with van der Waals surface area (Å²) in [7, 11) is 0. The Morgan fingerprint density at radius 1 is 1.23 bits per heavy atom. The second kappa shape index (κ2) is 3.66. The molecule has 3 heteroatoms. The Hall–Kier alpha value is -1.22. The van der Waals surface area contributed by atoms with Crippen molar-refractivity contribution in [2.45, 2.75) is 20.3 Å². The van der Waals surface area contributed by atoms with Crippen molar-refractivity contribution in [3.05, 3.63) is 22.8 Å². The highest BCUT2D eigenvalue weighted by atomic mass is 16.3. The molecule has 0 aliphatic carbocycles. The first-order valence-electron chi connectivity index (χ1n) is 4.29. The summed E-state index contributed by atoms with van der Waals surface area (Å²) in [5.74, 6) is -0.0583. The maximum atomic E-state index is 9.53. The summed E-state index contributed by atoms with van der Waals surface area (Å²) >= 11 is 0. The molecule has 0 aliphatic heterocycles. The van der Waals surface area contributed by atoms with Gasteiger partial charge in [-0.05, 0) is 43.5 Å². The van der Waals surface area contributed by atoms with E-state index in [-0.39, 0.29) is 11.5 Å². The van der Waals surface area contributed by atoms with Crippen LogP contribution in [0.4, 0.5) is 0 Å². The minimum absolute atomic E-state index is 0.0246. The van der Waals surface area contributed by atoms with Crippen LogP contribution in [-0.2, 0) is 6.42 Å². The van der Waals surface area contributed by atoms with Crippen molar-refractivity contribution in [2.75, 3.05) is 6.54 Å². The largest absolute Gasteiger partial charge is 0.504 e. The smallest absolute Gasteiger partial charge is 0.161 e. The topological polar surface area (TPSA) is 66.5 Å². The van der Waals surface area contributed by atoms with Crippen LogP contribution in [0.3, 0.4) is 0 Å². The molecule has 0 atom stereocenters. The van der Waals surface area contributed by atoms with Crippen molar-refractivity contribution in [1.82, 2.24) is 0 Å². The Bertz CT molecular complexity index is 321. The van der Waals surface area contributed by atoms with Gasteiger partial charge < -0.3 is 15.9 Å². The molecule has 13 heavy (non-hydrogen) atoms. The maximum Gasteiger partial charge on any atom is 0.161 e. The van der Waals surface area contributed by atoms with E-state index < -0.39 is 0 Å². The first kappa shape index (κ1) is 9.86. The average Bonchev–Trinajstić information content (AvgIpc) is 2.11. The summed E-state index contributed by atoms with van der Waals surface area (Å²) < 4.78 is 0. The molecular formula is C10H15NO2. The van der Waals surface area contributed by atoms with E-state index in [1.165, 1.54) is 0 Å². The Kier molecular flexibility index (Phi) is 2.78. The first-order valence-corrected chi connectivity index (χ1v) is 4.29. The summed E-state index contributed by atoms with van der Waals surface area (Å²) in [5, 5.41) is 19.0. The van der Waals surface area contributed by atoms with Crippen LogP contribution < -0.4 is 5.73 Å². The second-order valence-corrected chi connectivity index (χ2v) is 3.21. The van der Waals surface area contributed by atoms with Crippen LogP contribution in [0.2, 0.25) is 0 Å². The first-order chi connectivity index (χ1) is 6.07. The van der Waals surface area contributed by atoms with Gasteiger partial charge in [-0.3, -0.25) is 0 Å². The molecule has 0 amide bonds. The van der Waals surface area contributed by atoms with E-state index in [1.807, 2.05) is 13.0 Å². The molecule has 0 saturated carbocycles. The summed E-state index contributed by atoms with van der Waals surface area (Å²) in [5.41, 5.74) is 7.78. The maximum absolute atomic E-state index is 9.53. The van der Waals surface area contributed by atoms with Gasteiger partial charge in [0.05, 0.1) is 0 Å². The molecule has 0 spiro atoms. The minimum atomic E-state index is -0.0337. The lowest BCUT2D eigenvalue weighted by atomic mass is 10.0. The summed E-state index contributed by atoms with van der Waals surface area (Å²) in [6.07, 6.45) is 0.584. The number of nitrogens with two attached hydrogens (primary N) is 1. The predicted octanol–water partition coefficient (Wildman–Crippen LogP) is 1.22. The molecule has 0 fully saturated rings. The average molecular weight is 181 g/mol. The molecule has 1 aromatic carbocycles. The normalized spacial score (nSPS) is 10.4. The molecule has 4 N–H and O–H groups in total. The van der Waals surface area contributed by atoms with Gasteiger partial charge in [-0.2, -0.15) is 0 Å². The van der Waals surface area contributed by atoms with Gasteiger partial charge in [-0.1, -0.05) is 6.07 Å². The molecule has 0 bridgehead atoms. The monoisotopic (exact) mass is 181 g/mol. The van der Waals surface area contributed by atoms with Gasteiger partial charge in [0.2, 0.25) is 0 Å². The second-order valence-electron chi connectivity index (χ2n) is 3.21. The molecule has 3 nitrogen and oxygen atoms in total. The van der Waals surface area contributed by atoms with Gasteiger partial charge in [-0.15, -0.1) is 0 Å². The van der Waals surface area contributed by atoms with E-state index in [0.29, 0.717) is 18.5 Å². The summed E-state index contributed by atoms with van der Waals surface area (Å²) in [6.45, 7) is 4.14. The molecule has 1 rings (SSSR count). The standard InChI is InChI=1S/C10H15NO2/c1-6-5-8(3-4-11)10(13)9(12)7(6)2/h5,12-13H,3-4,11H2,1-2H3. The number of aryl methyl sites for hydroxylation is 1. The van der Waals surface area contributed by atoms with E-state index in [9.17, 15) is 10.2 Å². The summed E-state index contributed by atoms with van der Waals surface area (Å²) in [4.78, 5) is 0. The number of hydrogen-bond acceptors (Lipinski definition) is 3. The van der Waals surface area contributed by atoms with E-state index >= 15 is 0 Å². The lowest BCUT2D eigenvalue weighted by Gasteiger charge is -2.10. The third-order valence-corrected chi connectivity index (χ3v) is 2.28. The Labute approximate surface area is 77.8 Å². The Morgan fingerprint density at radius 3 is 2.38 bits per heavy atom. The van der Waals surface area contributed by atoms with Crippen molar-refractivity contribution >= 4 is 0 Å². The zero-order valence-corrected chi connectivity index (χ0v) is 7.96. The molecule has 72 valence electrons. The molecule has 0 heterocycles. The van der Waals surface area contributed by atoms with Gasteiger partial charge in [-0.25, -0.2) is 0 Å². The number of hydrogen-bond donors (Lipinski definition) is 3. The fraction of sp³-hybridized carbons (Fsp3) is 0.400. The molecule has 1 aromatic rings. The van der Waals surface area contributed by atoms with Gasteiger partial charge in [0.25, 0.3) is 0 Å². The highest BCUT2D eigenvalue weighted by molar-refractivity contribution is 5.53. The van der Waals surface area contributed by atoms with Crippen LogP contribution >= 0.6 is 0 Å². The van der Waals surface area contributed by atoms with E-state index in [0.717, 1.165) is 11.1 Å². The number of phenolic OH excluding ortho intramolecular Hbond substituents is 2. The Morgan fingerprint density at radius 2 is 1.85 bits per heavy atom. The fourth-order valence-electron chi connectivity index (χ4n) is 1.30. The highest BCUT2D eigenvalue weighted by Crippen LogP contribution is 2.34. The predicted molar refractivity (Wildman–Crippen MR) is 52.0 cm³/mol. The third-order valence-electron chi connectivity index (χ3n) is 2.28. The van der Waals surface area contributed by atoms with Crippen LogP contribution in [0, 0.1) is 13.8 Å². The van der Waals surface area contributed by atoms with E-state index in [4.69, 9.17) is 5.73 Å². The molecule has 0 saturated heterocycles. The lowest BCUT2D eigenvalue weighted by molar-refractivity contribution is 0.396. The van der Waals surface area contributed by atoms with Crippen LogP contribution in [0.1, 0.15) is 16.7 Å². The number of benzene rings is 1. The highest BCUT2D eigenvalue weighted by Gasteiger charge is 2.10. The van der Waals surface area contributed by atoms with Crippen molar-refractivity contribution < 1.29 is 10.2 Å². The van der Waals surface area contributed by atoms with Crippen LogP contribution in [0.5, 0.6) is 11.5 Å². The van der Waals surface area contributed by atoms with Crippen LogP contribution in [0.15, 0.2) is 6.07 Å². The molecule has 0 aliphatic rings. The zero-order chi connectivity index (χ0) is 10.0. The van der Waals surface area contributed by atoms with Gasteiger partial charge in [0.1, 0.15) is 0 Å². The van der Waals surface area contributed by atoms with Crippen molar-refractivity contribution in [2.24, 2.45) is 5.73 Å². The van der Waals surface area contributed by atoms with Crippen LogP contribution in [0.25, 0.3) is 0 Å². The lowest BCUT2D eigenvalue weighted by Crippen LogP contribution is -2.03. The number of rotatable bonds is 2. The van der Waals surface area contributed by atoms with Crippen molar-refractivity contribution in [1.29, 1.82) is 0 Å². The minimum Gasteiger partial charge on any atom is -0.504 e. The van der Waals surface area contributed by atoms with Gasteiger partial charge >= 0.3 is 0 Å². The third kappa shape index (κ3) is 1.75. The molecule has 0 radical (unpaired) electrons. The molecular weight excluding hydrogens is 166 g/mol. The quantitative estimate of drug-likeness (QED) is 0.601. The summed E-state index contributed by atoms with van der Waals surface area (Å²) in [6, 6.07) is 1.86. The molecule has 0 aromatic heterocycles. The Balaban J connectivity index is 3.24. The van der Waals surface area contributed by atoms with Crippen molar-refractivity contribution in [3.63, 3.8) is 0 Å². The van der Waals surface area contributed by atoms with Crippen molar-refractivity contribution in [3.8, 4) is 11.5 Å². The molecule has 0 unspecified atom stereocenters. The van der Waals surface area contributed by atoms with E-state index in [1.54, 1.807) is 6.92 Å². The van der Waals surface area contributed by atoms with Gasteiger partial charge in [0, 0.05) is 0 Å². The van der Waals surface area contributed by atoms with E-state index in [2.05, 4.69) is 0 Å².